The number of nitrogens with zero attached hydrogens (tertiary/aromatic N) is 3. The van der Waals surface area contributed by atoms with Gasteiger partial charge in [-0.1, -0.05) is 18.2 Å². The van der Waals surface area contributed by atoms with Crippen LogP contribution in [-0.4, -0.2) is 28.4 Å². The molecule has 1 aliphatic heterocycles. The second kappa shape index (κ2) is 4.66. The highest BCUT2D eigenvalue weighted by atomic mass is 16.5. The van der Waals surface area contributed by atoms with E-state index in [4.69, 9.17) is 4.74 Å². The Labute approximate surface area is 112 Å². The first-order valence-corrected chi connectivity index (χ1v) is 6.49. The first-order valence-electron chi connectivity index (χ1n) is 6.49. The molecule has 2 atom stereocenters. The minimum Gasteiger partial charge on any atom is -0.491 e. The van der Waals surface area contributed by atoms with Gasteiger partial charge in [0.25, 0.3) is 0 Å². The highest BCUT2D eigenvalue weighted by molar-refractivity contribution is 5.38. The minimum absolute atomic E-state index is 0.126. The van der Waals surface area contributed by atoms with Crippen LogP contribution >= 0.6 is 0 Å². The van der Waals surface area contributed by atoms with E-state index in [2.05, 4.69) is 21.5 Å². The van der Waals surface area contributed by atoms with E-state index >= 15 is 0 Å². The SMILES string of the molecule is CNC1c2ccccc2OCC1n1nc(C)nc1C. The highest BCUT2D eigenvalue weighted by Crippen LogP contribution is 2.37. The predicted octanol–water partition coefficient (Wildman–Crippen LogP) is 1.79. The fourth-order valence-corrected chi connectivity index (χ4v) is 2.76. The Morgan fingerprint density at radius 3 is 2.79 bits per heavy atom. The molecule has 0 spiro atoms. The van der Waals surface area contributed by atoms with Crippen molar-refractivity contribution in [3.8, 4) is 5.75 Å². The maximum Gasteiger partial charge on any atom is 0.147 e. The molecule has 1 aromatic heterocycles. The van der Waals surface area contributed by atoms with Crippen molar-refractivity contribution in [3.05, 3.63) is 41.5 Å². The Bertz CT molecular complexity index is 593. The summed E-state index contributed by atoms with van der Waals surface area (Å²) in [6, 6.07) is 8.45. The molecule has 0 saturated heterocycles. The van der Waals surface area contributed by atoms with E-state index in [0.717, 1.165) is 17.4 Å². The third-order valence-electron chi connectivity index (χ3n) is 3.58. The number of rotatable bonds is 2. The molecule has 0 amide bonds. The van der Waals surface area contributed by atoms with Crippen LogP contribution < -0.4 is 10.1 Å². The fraction of sp³-hybridized carbons (Fsp3) is 0.429. The lowest BCUT2D eigenvalue weighted by molar-refractivity contribution is 0.171. The zero-order chi connectivity index (χ0) is 13.4. The van der Waals surface area contributed by atoms with Crippen molar-refractivity contribution in [2.75, 3.05) is 13.7 Å². The summed E-state index contributed by atoms with van der Waals surface area (Å²) in [6.07, 6.45) is 0. The fourth-order valence-electron chi connectivity index (χ4n) is 2.76. The summed E-state index contributed by atoms with van der Waals surface area (Å²) in [5.41, 5.74) is 1.17. The van der Waals surface area contributed by atoms with Gasteiger partial charge < -0.3 is 10.1 Å². The van der Waals surface area contributed by atoms with Gasteiger partial charge in [-0.2, -0.15) is 5.10 Å². The van der Waals surface area contributed by atoms with Gasteiger partial charge in [-0.3, -0.25) is 0 Å². The third kappa shape index (κ3) is 2.00. The number of hydrogen-bond acceptors (Lipinski definition) is 4. The maximum absolute atomic E-state index is 5.86. The van der Waals surface area contributed by atoms with E-state index in [1.165, 1.54) is 5.56 Å². The van der Waals surface area contributed by atoms with E-state index in [0.29, 0.717) is 6.61 Å². The molecule has 0 fully saturated rings. The summed E-state index contributed by atoms with van der Waals surface area (Å²) in [5.74, 6) is 2.67. The summed E-state index contributed by atoms with van der Waals surface area (Å²) >= 11 is 0. The second-order valence-electron chi connectivity index (χ2n) is 4.83. The van der Waals surface area contributed by atoms with Crippen LogP contribution in [0.25, 0.3) is 0 Å². The molecule has 0 bridgehead atoms. The Kier molecular flexibility index (Phi) is 2.98. The lowest BCUT2D eigenvalue weighted by Gasteiger charge is -2.33. The number of aromatic nitrogens is 3. The van der Waals surface area contributed by atoms with Crippen molar-refractivity contribution in [2.45, 2.75) is 25.9 Å². The Balaban J connectivity index is 2.03. The average molecular weight is 258 g/mol. The van der Waals surface area contributed by atoms with E-state index in [1.54, 1.807) is 0 Å². The van der Waals surface area contributed by atoms with Crippen molar-refractivity contribution < 1.29 is 4.74 Å². The van der Waals surface area contributed by atoms with Crippen LogP contribution in [-0.2, 0) is 0 Å². The van der Waals surface area contributed by atoms with Gasteiger partial charge in [-0.15, -0.1) is 0 Å². The van der Waals surface area contributed by atoms with Crippen molar-refractivity contribution in [3.63, 3.8) is 0 Å². The molecular weight excluding hydrogens is 240 g/mol. The lowest BCUT2D eigenvalue weighted by Crippen LogP contribution is -2.36. The number of likely N-dealkylation sites (N-methyl/N-ethyl adjacent to an activating group) is 1. The first kappa shape index (κ1) is 12.2. The van der Waals surface area contributed by atoms with Gasteiger partial charge in [0.1, 0.15) is 30.0 Å². The summed E-state index contributed by atoms with van der Waals surface area (Å²) < 4.78 is 7.82. The number of hydrogen-bond donors (Lipinski definition) is 1. The van der Waals surface area contributed by atoms with Crippen molar-refractivity contribution in [1.29, 1.82) is 0 Å². The number of benzene rings is 1. The molecule has 5 heteroatoms. The van der Waals surface area contributed by atoms with Crippen molar-refractivity contribution >= 4 is 0 Å². The van der Waals surface area contributed by atoms with E-state index in [1.807, 2.05) is 43.8 Å². The standard InChI is InChI=1S/C14H18N4O/c1-9-16-10(2)18(17-9)12-8-19-13-7-5-4-6-11(13)14(12)15-3/h4-7,12,14-15H,8H2,1-3H3. The van der Waals surface area contributed by atoms with Crippen molar-refractivity contribution in [2.24, 2.45) is 0 Å². The van der Waals surface area contributed by atoms with Gasteiger partial charge in [0, 0.05) is 5.56 Å². The third-order valence-corrected chi connectivity index (χ3v) is 3.58. The molecule has 2 aromatic rings. The Morgan fingerprint density at radius 2 is 2.11 bits per heavy atom. The smallest absolute Gasteiger partial charge is 0.147 e. The molecule has 1 aliphatic rings. The lowest BCUT2D eigenvalue weighted by atomic mass is 9.96. The maximum atomic E-state index is 5.86. The molecule has 1 N–H and O–H groups in total. The van der Waals surface area contributed by atoms with Crippen LogP contribution in [0.3, 0.4) is 0 Å². The second-order valence-corrected chi connectivity index (χ2v) is 4.83. The van der Waals surface area contributed by atoms with Crippen LogP contribution in [0.4, 0.5) is 0 Å². The van der Waals surface area contributed by atoms with Gasteiger partial charge in [0.05, 0.1) is 6.04 Å². The zero-order valence-electron chi connectivity index (χ0n) is 11.4. The molecule has 0 saturated carbocycles. The molecular formula is C14H18N4O. The van der Waals surface area contributed by atoms with E-state index < -0.39 is 0 Å². The monoisotopic (exact) mass is 258 g/mol. The van der Waals surface area contributed by atoms with Crippen LogP contribution in [0.1, 0.15) is 29.3 Å². The molecule has 0 aliphatic carbocycles. The average Bonchev–Trinajstić information content (AvgIpc) is 2.76. The predicted molar refractivity (Wildman–Crippen MR) is 72.3 cm³/mol. The topological polar surface area (TPSA) is 52.0 Å². The molecule has 2 unspecified atom stereocenters. The van der Waals surface area contributed by atoms with Crippen molar-refractivity contribution in [1.82, 2.24) is 20.1 Å². The Hall–Kier alpha value is -1.88. The van der Waals surface area contributed by atoms with Crippen LogP contribution in [0, 0.1) is 13.8 Å². The molecule has 3 rings (SSSR count). The number of fused-ring (bicyclic) bond motifs is 1. The van der Waals surface area contributed by atoms with Gasteiger partial charge in [0.2, 0.25) is 0 Å². The number of aryl methyl sites for hydroxylation is 2. The largest absolute Gasteiger partial charge is 0.491 e. The first-order chi connectivity index (χ1) is 9.20. The normalized spacial score (nSPS) is 21.8. The summed E-state index contributed by atoms with van der Waals surface area (Å²) in [7, 11) is 1.97. The summed E-state index contributed by atoms with van der Waals surface area (Å²) in [4.78, 5) is 4.38. The van der Waals surface area contributed by atoms with Crippen LogP contribution in [0.2, 0.25) is 0 Å². The number of nitrogens with one attached hydrogen (secondary N) is 1. The number of para-hydroxylation sites is 1. The molecule has 100 valence electrons. The van der Waals surface area contributed by atoms with Gasteiger partial charge >= 0.3 is 0 Å². The molecule has 1 aromatic carbocycles. The van der Waals surface area contributed by atoms with Crippen LogP contribution in [0.5, 0.6) is 5.75 Å². The molecule has 0 radical (unpaired) electrons. The Morgan fingerprint density at radius 1 is 1.32 bits per heavy atom. The highest BCUT2D eigenvalue weighted by Gasteiger charge is 2.32. The van der Waals surface area contributed by atoms with Crippen LogP contribution in [0.15, 0.2) is 24.3 Å². The molecule has 2 heterocycles. The number of ether oxygens (including phenoxy) is 1. The van der Waals surface area contributed by atoms with E-state index in [-0.39, 0.29) is 12.1 Å². The zero-order valence-corrected chi connectivity index (χ0v) is 11.4. The van der Waals surface area contributed by atoms with Gasteiger partial charge in [0.15, 0.2) is 0 Å². The summed E-state index contributed by atoms with van der Waals surface area (Å²) in [6.45, 7) is 4.49. The van der Waals surface area contributed by atoms with Gasteiger partial charge in [-0.05, 0) is 27.0 Å². The molecule has 5 nitrogen and oxygen atoms in total. The summed E-state index contributed by atoms with van der Waals surface area (Å²) in [5, 5.41) is 7.87. The van der Waals surface area contributed by atoms with Gasteiger partial charge in [-0.25, -0.2) is 9.67 Å². The quantitative estimate of drug-likeness (QED) is 0.892. The molecule has 19 heavy (non-hydrogen) atoms. The minimum atomic E-state index is 0.126. The van der Waals surface area contributed by atoms with E-state index in [9.17, 15) is 0 Å².